The van der Waals surface area contributed by atoms with Crippen LogP contribution in [0.4, 0.5) is 13.2 Å². The van der Waals surface area contributed by atoms with Gasteiger partial charge in [0.1, 0.15) is 11.5 Å². The summed E-state index contributed by atoms with van der Waals surface area (Å²) >= 11 is 0. The van der Waals surface area contributed by atoms with Gasteiger partial charge in [0.2, 0.25) is 5.88 Å². The van der Waals surface area contributed by atoms with Crippen LogP contribution >= 0.6 is 0 Å². The van der Waals surface area contributed by atoms with Crippen molar-refractivity contribution in [2.75, 3.05) is 6.61 Å². The SMILES string of the molecule is CCCOc1ccc(C(=O)Oc2ccc(OC(F)(F)F)nc2)cc1. The molecule has 0 atom stereocenters. The molecule has 0 aliphatic rings. The molecule has 0 aliphatic carbocycles. The first-order valence-corrected chi connectivity index (χ1v) is 7.04. The fourth-order valence-electron chi connectivity index (χ4n) is 1.68. The number of pyridine rings is 1. The van der Waals surface area contributed by atoms with E-state index in [9.17, 15) is 18.0 Å². The molecule has 0 aliphatic heterocycles. The van der Waals surface area contributed by atoms with Crippen molar-refractivity contribution < 1.29 is 32.2 Å². The van der Waals surface area contributed by atoms with Crippen molar-refractivity contribution in [2.24, 2.45) is 0 Å². The maximum absolute atomic E-state index is 12.0. The summed E-state index contributed by atoms with van der Waals surface area (Å²) in [7, 11) is 0. The Kier molecular flexibility index (Phi) is 5.62. The summed E-state index contributed by atoms with van der Waals surface area (Å²) in [4.78, 5) is 15.4. The second-order valence-corrected chi connectivity index (χ2v) is 4.64. The Hall–Kier alpha value is -2.77. The quantitative estimate of drug-likeness (QED) is 0.744. The summed E-state index contributed by atoms with van der Waals surface area (Å²) in [5.41, 5.74) is 0.273. The zero-order valence-corrected chi connectivity index (χ0v) is 12.7. The molecule has 2 aromatic rings. The first kappa shape index (κ1) is 17.6. The third kappa shape index (κ3) is 5.45. The fourth-order valence-corrected chi connectivity index (χ4v) is 1.68. The van der Waals surface area contributed by atoms with Gasteiger partial charge in [-0.2, -0.15) is 0 Å². The van der Waals surface area contributed by atoms with E-state index >= 15 is 0 Å². The molecule has 8 heteroatoms. The van der Waals surface area contributed by atoms with E-state index in [2.05, 4.69) is 9.72 Å². The number of benzene rings is 1. The lowest BCUT2D eigenvalue weighted by atomic mass is 10.2. The molecule has 0 saturated heterocycles. The van der Waals surface area contributed by atoms with Crippen molar-refractivity contribution in [3.05, 3.63) is 48.2 Å². The summed E-state index contributed by atoms with van der Waals surface area (Å²) in [6, 6.07) is 8.43. The first-order valence-electron chi connectivity index (χ1n) is 7.04. The number of carbonyl (C=O) groups excluding carboxylic acids is 1. The van der Waals surface area contributed by atoms with E-state index in [1.807, 2.05) is 6.92 Å². The summed E-state index contributed by atoms with van der Waals surface area (Å²) in [6.45, 7) is 2.55. The number of ether oxygens (including phenoxy) is 3. The smallest absolute Gasteiger partial charge is 0.494 e. The third-order valence-electron chi connectivity index (χ3n) is 2.70. The van der Waals surface area contributed by atoms with Gasteiger partial charge in [0.05, 0.1) is 18.4 Å². The van der Waals surface area contributed by atoms with Gasteiger partial charge in [-0.15, -0.1) is 13.2 Å². The molecule has 0 N–H and O–H groups in total. The van der Waals surface area contributed by atoms with Crippen LogP contribution in [0.15, 0.2) is 42.6 Å². The van der Waals surface area contributed by atoms with E-state index in [1.165, 1.54) is 12.1 Å². The van der Waals surface area contributed by atoms with Crippen molar-refractivity contribution in [1.82, 2.24) is 4.98 Å². The van der Waals surface area contributed by atoms with Gasteiger partial charge < -0.3 is 14.2 Å². The Morgan fingerprint density at radius 3 is 2.29 bits per heavy atom. The van der Waals surface area contributed by atoms with E-state index in [1.54, 1.807) is 12.1 Å². The van der Waals surface area contributed by atoms with E-state index < -0.39 is 18.2 Å². The minimum atomic E-state index is -4.83. The number of aromatic nitrogens is 1. The number of alkyl halides is 3. The average molecular weight is 341 g/mol. The van der Waals surface area contributed by atoms with Crippen LogP contribution in [-0.4, -0.2) is 23.9 Å². The molecule has 1 aromatic carbocycles. The van der Waals surface area contributed by atoms with Crippen LogP contribution < -0.4 is 14.2 Å². The van der Waals surface area contributed by atoms with Gasteiger partial charge in [0.25, 0.3) is 0 Å². The molecule has 1 heterocycles. The Bertz CT molecular complexity index is 669. The zero-order chi connectivity index (χ0) is 17.6. The Morgan fingerprint density at radius 2 is 1.75 bits per heavy atom. The van der Waals surface area contributed by atoms with Crippen molar-refractivity contribution in [3.63, 3.8) is 0 Å². The number of esters is 1. The molecule has 5 nitrogen and oxygen atoms in total. The number of carbonyl (C=O) groups is 1. The normalized spacial score (nSPS) is 11.0. The molecule has 2 rings (SSSR count). The molecule has 0 fully saturated rings. The number of hydrogen-bond acceptors (Lipinski definition) is 5. The summed E-state index contributed by atoms with van der Waals surface area (Å²) in [5.74, 6) is -0.674. The molecule has 0 spiro atoms. The molecule has 0 unspecified atom stereocenters. The van der Waals surface area contributed by atoms with Crippen LogP contribution in [0, 0.1) is 0 Å². The van der Waals surface area contributed by atoms with Gasteiger partial charge in [0.15, 0.2) is 0 Å². The maximum Gasteiger partial charge on any atom is 0.574 e. The highest BCUT2D eigenvalue weighted by atomic mass is 19.4. The summed E-state index contributed by atoms with van der Waals surface area (Å²) in [6.07, 6.45) is -2.99. The van der Waals surface area contributed by atoms with Crippen LogP contribution in [0.5, 0.6) is 17.4 Å². The predicted molar refractivity (Wildman–Crippen MR) is 78.1 cm³/mol. The second kappa shape index (κ2) is 7.67. The van der Waals surface area contributed by atoms with Crippen LogP contribution in [0.2, 0.25) is 0 Å². The largest absolute Gasteiger partial charge is 0.574 e. The standard InChI is InChI=1S/C16H14F3NO4/c1-2-9-22-12-5-3-11(4-6-12)15(21)23-13-7-8-14(20-10-13)24-16(17,18)19/h3-8,10H,2,9H2,1H3. The van der Waals surface area contributed by atoms with Crippen molar-refractivity contribution in [2.45, 2.75) is 19.7 Å². The molecule has 0 saturated carbocycles. The summed E-state index contributed by atoms with van der Waals surface area (Å²) in [5, 5.41) is 0. The van der Waals surface area contributed by atoms with Gasteiger partial charge >= 0.3 is 12.3 Å². The monoisotopic (exact) mass is 341 g/mol. The number of hydrogen-bond donors (Lipinski definition) is 0. The molecule has 0 bridgehead atoms. The van der Waals surface area contributed by atoms with E-state index in [4.69, 9.17) is 9.47 Å². The zero-order valence-electron chi connectivity index (χ0n) is 12.7. The third-order valence-corrected chi connectivity index (χ3v) is 2.70. The van der Waals surface area contributed by atoms with Crippen LogP contribution in [0.25, 0.3) is 0 Å². The maximum atomic E-state index is 12.0. The van der Waals surface area contributed by atoms with Crippen molar-refractivity contribution >= 4 is 5.97 Å². The van der Waals surface area contributed by atoms with Gasteiger partial charge in [-0.25, -0.2) is 9.78 Å². The van der Waals surface area contributed by atoms with Crippen LogP contribution in [0.1, 0.15) is 23.7 Å². The number of halogens is 3. The molecule has 0 radical (unpaired) electrons. The lowest BCUT2D eigenvalue weighted by Gasteiger charge is -2.09. The highest BCUT2D eigenvalue weighted by Gasteiger charge is 2.31. The number of rotatable bonds is 6. The second-order valence-electron chi connectivity index (χ2n) is 4.64. The molecule has 24 heavy (non-hydrogen) atoms. The van der Waals surface area contributed by atoms with Crippen molar-refractivity contribution in [3.8, 4) is 17.4 Å². The first-order chi connectivity index (χ1) is 11.4. The van der Waals surface area contributed by atoms with Gasteiger partial charge in [-0.05, 0) is 36.8 Å². The minimum absolute atomic E-state index is 0.000772. The van der Waals surface area contributed by atoms with E-state index in [-0.39, 0.29) is 11.3 Å². The molecule has 1 aromatic heterocycles. The Morgan fingerprint density at radius 1 is 1.08 bits per heavy atom. The molecule has 0 amide bonds. The minimum Gasteiger partial charge on any atom is -0.494 e. The summed E-state index contributed by atoms with van der Waals surface area (Å²) < 4.78 is 50.1. The van der Waals surface area contributed by atoms with Crippen LogP contribution in [0.3, 0.4) is 0 Å². The lowest BCUT2D eigenvalue weighted by Crippen LogP contribution is -2.17. The Labute approximate surface area is 136 Å². The van der Waals surface area contributed by atoms with E-state index in [0.717, 1.165) is 24.8 Å². The average Bonchev–Trinajstić information content (AvgIpc) is 2.54. The lowest BCUT2D eigenvalue weighted by molar-refractivity contribution is -0.276. The van der Waals surface area contributed by atoms with Crippen LogP contribution in [-0.2, 0) is 0 Å². The molecular weight excluding hydrogens is 327 g/mol. The predicted octanol–water partition coefficient (Wildman–Crippen LogP) is 3.99. The van der Waals surface area contributed by atoms with Gasteiger partial charge in [0, 0.05) is 6.07 Å². The highest BCUT2D eigenvalue weighted by Crippen LogP contribution is 2.22. The molecular formula is C16H14F3NO4. The topological polar surface area (TPSA) is 57.7 Å². The highest BCUT2D eigenvalue weighted by molar-refractivity contribution is 5.91. The van der Waals surface area contributed by atoms with Crippen molar-refractivity contribution in [1.29, 1.82) is 0 Å². The Balaban J connectivity index is 1.96. The van der Waals surface area contributed by atoms with E-state index in [0.29, 0.717) is 12.4 Å². The fraction of sp³-hybridized carbons (Fsp3) is 0.250. The van der Waals surface area contributed by atoms with Gasteiger partial charge in [-0.3, -0.25) is 0 Å². The molecule has 128 valence electrons. The number of nitrogens with zero attached hydrogens (tertiary/aromatic N) is 1. The van der Waals surface area contributed by atoms with Gasteiger partial charge in [-0.1, -0.05) is 6.92 Å².